The molecule has 3 aromatic rings. The molecular formula is C20H26N6. The summed E-state index contributed by atoms with van der Waals surface area (Å²) in [5.74, 6) is 1.46. The van der Waals surface area contributed by atoms with E-state index in [2.05, 4.69) is 63.5 Å². The van der Waals surface area contributed by atoms with Crippen LogP contribution in [-0.4, -0.2) is 38.2 Å². The molecule has 0 amide bonds. The highest BCUT2D eigenvalue weighted by molar-refractivity contribution is 5.38. The zero-order chi connectivity index (χ0) is 18.5. The third-order valence-electron chi connectivity index (χ3n) is 4.31. The minimum Gasteiger partial charge on any atom is -0.365 e. The van der Waals surface area contributed by atoms with Crippen molar-refractivity contribution in [2.75, 3.05) is 18.9 Å². The molecule has 0 saturated carbocycles. The summed E-state index contributed by atoms with van der Waals surface area (Å²) in [7, 11) is 2.13. The van der Waals surface area contributed by atoms with E-state index >= 15 is 0 Å². The van der Waals surface area contributed by atoms with Gasteiger partial charge in [0.1, 0.15) is 5.82 Å². The van der Waals surface area contributed by atoms with Crippen LogP contribution in [0.1, 0.15) is 29.4 Å². The van der Waals surface area contributed by atoms with E-state index in [-0.39, 0.29) is 0 Å². The summed E-state index contributed by atoms with van der Waals surface area (Å²) in [5, 5.41) is 7.83. The maximum atomic E-state index is 4.63. The van der Waals surface area contributed by atoms with Crippen molar-refractivity contribution < 1.29 is 0 Å². The van der Waals surface area contributed by atoms with Crippen LogP contribution in [0, 0.1) is 13.8 Å². The van der Waals surface area contributed by atoms with Crippen LogP contribution in [-0.2, 0) is 13.1 Å². The number of nitrogens with one attached hydrogen (secondary N) is 1. The molecular weight excluding hydrogens is 324 g/mol. The highest BCUT2D eigenvalue weighted by Crippen LogP contribution is 2.13. The maximum absolute atomic E-state index is 4.63. The lowest BCUT2D eigenvalue weighted by Gasteiger charge is -2.14. The Morgan fingerprint density at radius 1 is 1.12 bits per heavy atom. The van der Waals surface area contributed by atoms with Gasteiger partial charge in [0.2, 0.25) is 0 Å². The Morgan fingerprint density at radius 2 is 1.92 bits per heavy atom. The van der Waals surface area contributed by atoms with E-state index in [1.54, 1.807) is 12.4 Å². The molecule has 0 aliphatic carbocycles. The Balaban J connectivity index is 1.70. The quantitative estimate of drug-likeness (QED) is 0.708. The van der Waals surface area contributed by atoms with Gasteiger partial charge in [-0.2, -0.15) is 5.10 Å². The molecule has 0 radical (unpaired) electrons. The summed E-state index contributed by atoms with van der Waals surface area (Å²) < 4.78 is 1.81. The van der Waals surface area contributed by atoms with Crippen LogP contribution < -0.4 is 5.32 Å². The lowest BCUT2D eigenvalue weighted by atomic mass is 10.1. The molecule has 0 saturated heterocycles. The lowest BCUT2D eigenvalue weighted by Crippen LogP contribution is -2.16. The molecule has 136 valence electrons. The third kappa shape index (κ3) is 4.46. The number of rotatable bonds is 7. The number of benzene rings is 1. The molecule has 0 aliphatic rings. The summed E-state index contributed by atoms with van der Waals surface area (Å²) in [4.78, 5) is 11.2. The van der Waals surface area contributed by atoms with Gasteiger partial charge in [0.25, 0.3) is 0 Å². The van der Waals surface area contributed by atoms with Gasteiger partial charge in [0.15, 0.2) is 5.82 Å². The molecule has 0 aliphatic heterocycles. The van der Waals surface area contributed by atoms with Crippen LogP contribution in [0.15, 0.2) is 42.7 Å². The lowest BCUT2D eigenvalue weighted by molar-refractivity contribution is 0.345. The Hall–Kier alpha value is -2.73. The molecule has 0 spiro atoms. The number of nitrogens with zero attached hydrogens (tertiary/aromatic N) is 5. The largest absolute Gasteiger partial charge is 0.365 e. The van der Waals surface area contributed by atoms with Crippen molar-refractivity contribution >= 4 is 5.82 Å². The monoisotopic (exact) mass is 350 g/mol. The SMILES string of the molecule is CCN(C)Cc1cccc(CNc2cncc(-n3nc(C)cc3C)n2)c1. The average Bonchev–Trinajstić information content (AvgIpc) is 2.99. The Kier molecular flexibility index (Phi) is 5.63. The fourth-order valence-electron chi connectivity index (χ4n) is 2.86. The predicted molar refractivity (Wildman–Crippen MR) is 104 cm³/mol. The minimum atomic E-state index is 0.707. The van der Waals surface area contributed by atoms with Crippen molar-refractivity contribution in [1.29, 1.82) is 0 Å². The van der Waals surface area contributed by atoms with Gasteiger partial charge in [-0.3, -0.25) is 4.98 Å². The van der Waals surface area contributed by atoms with Gasteiger partial charge < -0.3 is 10.2 Å². The van der Waals surface area contributed by atoms with Crippen LogP contribution >= 0.6 is 0 Å². The molecule has 6 nitrogen and oxygen atoms in total. The number of hydrogen-bond donors (Lipinski definition) is 1. The topological polar surface area (TPSA) is 58.9 Å². The Morgan fingerprint density at radius 3 is 2.65 bits per heavy atom. The van der Waals surface area contributed by atoms with Gasteiger partial charge in [0.05, 0.1) is 18.1 Å². The smallest absolute Gasteiger partial charge is 0.174 e. The molecule has 26 heavy (non-hydrogen) atoms. The van der Waals surface area contributed by atoms with Crippen LogP contribution in [0.25, 0.3) is 5.82 Å². The molecule has 2 aromatic heterocycles. The summed E-state index contributed by atoms with van der Waals surface area (Å²) in [6.07, 6.45) is 3.47. The van der Waals surface area contributed by atoms with Crippen molar-refractivity contribution in [3.63, 3.8) is 0 Å². The van der Waals surface area contributed by atoms with Crippen LogP contribution in [0.5, 0.6) is 0 Å². The second-order valence-corrected chi connectivity index (χ2v) is 6.61. The predicted octanol–water partition coefficient (Wildman–Crippen LogP) is 3.34. The summed E-state index contributed by atoms with van der Waals surface area (Å²) in [6.45, 7) is 8.86. The van der Waals surface area contributed by atoms with Gasteiger partial charge in [-0.25, -0.2) is 9.67 Å². The van der Waals surface area contributed by atoms with Gasteiger partial charge in [0, 0.05) is 18.8 Å². The molecule has 1 aromatic carbocycles. The van der Waals surface area contributed by atoms with Crippen molar-refractivity contribution in [2.24, 2.45) is 0 Å². The normalized spacial score (nSPS) is 11.1. The van der Waals surface area contributed by atoms with Crippen molar-refractivity contribution in [1.82, 2.24) is 24.6 Å². The first-order valence-electron chi connectivity index (χ1n) is 8.91. The highest BCUT2D eigenvalue weighted by atomic mass is 15.3. The van der Waals surface area contributed by atoms with E-state index in [9.17, 15) is 0 Å². The van der Waals surface area contributed by atoms with Crippen molar-refractivity contribution in [3.05, 3.63) is 65.2 Å². The van der Waals surface area contributed by atoms with E-state index in [1.165, 1.54) is 11.1 Å². The third-order valence-corrected chi connectivity index (χ3v) is 4.31. The molecule has 6 heteroatoms. The van der Waals surface area contributed by atoms with Gasteiger partial charge in [-0.05, 0) is 44.6 Å². The first kappa shape index (κ1) is 18.1. The van der Waals surface area contributed by atoms with E-state index in [0.717, 1.165) is 36.1 Å². The van der Waals surface area contributed by atoms with Crippen LogP contribution in [0.2, 0.25) is 0 Å². The first-order chi connectivity index (χ1) is 12.5. The molecule has 0 unspecified atom stereocenters. The summed E-state index contributed by atoms with van der Waals surface area (Å²) in [6, 6.07) is 10.7. The number of aryl methyl sites for hydroxylation is 2. The van der Waals surface area contributed by atoms with E-state index in [1.807, 2.05) is 24.6 Å². The second-order valence-electron chi connectivity index (χ2n) is 6.61. The summed E-state index contributed by atoms with van der Waals surface area (Å²) in [5.41, 5.74) is 4.56. The Labute approximate surface area is 154 Å². The minimum absolute atomic E-state index is 0.707. The van der Waals surface area contributed by atoms with Gasteiger partial charge >= 0.3 is 0 Å². The van der Waals surface area contributed by atoms with E-state index in [4.69, 9.17) is 0 Å². The molecule has 0 fully saturated rings. The zero-order valence-electron chi connectivity index (χ0n) is 15.9. The average molecular weight is 350 g/mol. The zero-order valence-corrected chi connectivity index (χ0v) is 15.9. The maximum Gasteiger partial charge on any atom is 0.174 e. The number of hydrogen-bond acceptors (Lipinski definition) is 5. The van der Waals surface area contributed by atoms with Crippen LogP contribution in [0.3, 0.4) is 0 Å². The van der Waals surface area contributed by atoms with Gasteiger partial charge in [-0.15, -0.1) is 0 Å². The fraction of sp³-hybridized carbons (Fsp3) is 0.350. The van der Waals surface area contributed by atoms with Crippen molar-refractivity contribution in [3.8, 4) is 5.82 Å². The molecule has 0 atom stereocenters. The molecule has 0 bridgehead atoms. The van der Waals surface area contributed by atoms with Gasteiger partial charge in [-0.1, -0.05) is 31.2 Å². The molecule has 1 N–H and O–H groups in total. The van der Waals surface area contributed by atoms with E-state index < -0.39 is 0 Å². The first-order valence-corrected chi connectivity index (χ1v) is 8.91. The standard InChI is InChI=1S/C20H26N6/c1-5-25(4)14-18-8-6-7-17(10-18)11-22-19-12-21-13-20(23-19)26-16(3)9-15(2)24-26/h6-10,12-13H,5,11,14H2,1-4H3,(H,22,23). The highest BCUT2D eigenvalue weighted by Gasteiger charge is 2.07. The molecule has 2 heterocycles. The summed E-state index contributed by atoms with van der Waals surface area (Å²) >= 11 is 0. The van der Waals surface area contributed by atoms with E-state index in [0.29, 0.717) is 6.54 Å². The Bertz CT molecular complexity index is 870. The number of anilines is 1. The van der Waals surface area contributed by atoms with Crippen molar-refractivity contribution in [2.45, 2.75) is 33.9 Å². The molecule has 3 rings (SSSR count). The fourth-order valence-corrected chi connectivity index (χ4v) is 2.86. The van der Waals surface area contributed by atoms with Crippen LogP contribution in [0.4, 0.5) is 5.82 Å². The second kappa shape index (κ2) is 8.10. The number of aromatic nitrogens is 4.